The van der Waals surface area contributed by atoms with Crippen molar-refractivity contribution in [1.29, 1.82) is 0 Å². The molecule has 0 heterocycles. The summed E-state index contributed by atoms with van der Waals surface area (Å²) in [5.41, 5.74) is 0. The minimum atomic E-state index is -0.0871. The minimum absolute atomic E-state index is 0.0871. The van der Waals surface area contributed by atoms with E-state index >= 15 is 0 Å². The zero-order chi connectivity index (χ0) is 10.7. The number of hydrogen-bond donors (Lipinski definition) is 2. The molecule has 4 atom stereocenters. The van der Waals surface area contributed by atoms with Gasteiger partial charge < -0.3 is 10.4 Å². The SMILES string of the molecule is C[C@@H]1CCC[C@H](N[C@H]2CCCC[C@H]2O)C1. The number of nitrogens with one attached hydrogen (secondary N) is 1. The quantitative estimate of drug-likeness (QED) is 0.735. The van der Waals surface area contributed by atoms with Crippen LogP contribution in [-0.4, -0.2) is 23.3 Å². The van der Waals surface area contributed by atoms with Crippen LogP contribution in [0.25, 0.3) is 0 Å². The Kier molecular flexibility index (Phi) is 4.04. The lowest BCUT2D eigenvalue weighted by molar-refractivity contribution is 0.0793. The molecular formula is C13H25NO. The lowest BCUT2D eigenvalue weighted by Crippen LogP contribution is -2.48. The number of rotatable bonds is 2. The molecule has 0 aromatic carbocycles. The highest BCUT2D eigenvalue weighted by Gasteiger charge is 2.27. The highest BCUT2D eigenvalue weighted by atomic mass is 16.3. The predicted octanol–water partition coefficient (Wildman–Crippen LogP) is 2.46. The molecule has 2 N–H and O–H groups in total. The van der Waals surface area contributed by atoms with Crippen molar-refractivity contribution in [3.63, 3.8) is 0 Å². The molecule has 0 saturated heterocycles. The average molecular weight is 211 g/mol. The van der Waals surface area contributed by atoms with E-state index in [9.17, 15) is 5.11 Å². The maximum atomic E-state index is 9.90. The summed E-state index contributed by atoms with van der Waals surface area (Å²) < 4.78 is 0. The van der Waals surface area contributed by atoms with E-state index in [0.29, 0.717) is 12.1 Å². The van der Waals surface area contributed by atoms with Crippen molar-refractivity contribution in [3.8, 4) is 0 Å². The van der Waals surface area contributed by atoms with Crippen molar-refractivity contribution < 1.29 is 5.11 Å². The van der Waals surface area contributed by atoms with Crippen molar-refractivity contribution in [2.45, 2.75) is 76.5 Å². The lowest BCUT2D eigenvalue weighted by atomic mass is 9.85. The van der Waals surface area contributed by atoms with Crippen LogP contribution >= 0.6 is 0 Å². The number of aliphatic hydroxyl groups excluding tert-OH is 1. The van der Waals surface area contributed by atoms with Crippen LogP contribution in [0.3, 0.4) is 0 Å². The Bertz CT molecular complexity index is 195. The fourth-order valence-electron chi connectivity index (χ4n) is 3.19. The minimum Gasteiger partial charge on any atom is -0.392 e. The van der Waals surface area contributed by atoms with Crippen LogP contribution in [0.4, 0.5) is 0 Å². The fraction of sp³-hybridized carbons (Fsp3) is 1.00. The molecule has 0 aromatic rings. The summed E-state index contributed by atoms with van der Waals surface area (Å²) in [6, 6.07) is 1.06. The highest BCUT2D eigenvalue weighted by Crippen LogP contribution is 2.26. The van der Waals surface area contributed by atoms with Crippen molar-refractivity contribution in [1.82, 2.24) is 5.32 Å². The molecule has 0 spiro atoms. The normalized spacial score (nSPS) is 42.8. The molecule has 2 nitrogen and oxygen atoms in total. The third-order valence-electron chi connectivity index (χ3n) is 4.12. The van der Waals surface area contributed by atoms with Crippen molar-refractivity contribution >= 4 is 0 Å². The van der Waals surface area contributed by atoms with Crippen LogP contribution in [0.5, 0.6) is 0 Å². The van der Waals surface area contributed by atoms with E-state index in [4.69, 9.17) is 0 Å². The smallest absolute Gasteiger partial charge is 0.0693 e. The highest BCUT2D eigenvalue weighted by molar-refractivity contribution is 4.85. The van der Waals surface area contributed by atoms with Gasteiger partial charge in [-0.05, 0) is 31.6 Å². The van der Waals surface area contributed by atoms with Gasteiger partial charge in [0.05, 0.1) is 6.10 Å². The summed E-state index contributed by atoms with van der Waals surface area (Å²) in [5, 5.41) is 13.6. The third kappa shape index (κ3) is 3.18. The van der Waals surface area contributed by atoms with Gasteiger partial charge in [0.25, 0.3) is 0 Å². The van der Waals surface area contributed by atoms with Gasteiger partial charge in [0.2, 0.25) is 0 Å². The fourth-order valence-corrected chi connectivity index (χ4v) is 3.19. The van der Waals surface area contributed by atoms with Crippen LogP contribution < -0.4 is 5.32 Å². The molecule has 2 aliphatic rings. The molecular weight excluding hydrogens is 186 g/mol. The second kappa shape index (κ2) is 5.31. The lowest BCUT2D eigenvalue weighted by Gasteiger charge is -2.35. The number of aliphatic hydroxyl groups is 1. The molecule has 2 saturated carbocycles. The Hall–Kier alpha value is -0.0800. The molecule has 0 aliphatic heterocycles. The topological polar surface area (TPSA) is 32.3 Å². The maximum absolute atomic E-state index is 9.90. The van der Waals surface area contributed by atoms with Crippen LogP contribution in [-0.2, 0) is 0 Å². The van der Waals surface area contributed by atoms with Gasteiger partial charge in [-0.1, -0.05) is 32.6 Å². The Morgan fingerprint density at radius 3 is 2.53 bits per heavy atom. The Balaban J connectivity index is 1.79. The summed E-state index contributed by atoms with van der Waals surface area (Å²) in [4.78, 5) is 0. The molecule has 2 aliphatic carbocycles. The molecule has 0 bridgehead atoms. The van der Waals surface area contributed by atoms with Gasteiger partial charge in [0.15, 0.2) is 0 Å². The second-order valence-corrected chi connectivity index (χ2v) is 5.59. The molecule has 2 fully saturated rings. The first-order chi connectivity index (χ1) is 7.25. The molecule has 2 heteroatoms. The first-order valence-corrected chi connectivity index (χ1v) is 6.70. The zero-order valence-electron chi connectivity index (χ0n) is 9.91. The first kappa shape index (κ1) is 11.4. The maximum Gasteiger partial charge on any atom is 0.0693 e. The van der Waals surface area contributed by atoms with E-state index < -0.39 is 0 Å². The molecule has 0 unspecified atom stereocenters. The summed E-state index contributed by atoms with van der Waals surface area (Å²) in [5.74, 6) is 0.872. The van der Waals surface area contributed by atoms with Crippen molar-refractivity contribution in [3.05, 3.63) is 0 Å². The van der Waals surface area contributed by atoms with Gasteiger partial charge >= 0.3 is 0 Å². The van der Waals surface area contributed by atoms with Crippen molar-refractivity contribution in [2.75, 3.05) is 0 Å². The van der Waals surface area contributed by atoms with Gasteiger partial charge in [0.1, 0.15) is 0 Å². The Labute approximate surface area is 93.5 Å². The summed E-state index contributed by atoms with van der Waals surface area (Å²) in [6.45, 7) is 2.35. The third-order valence-corrected chi connectivity index (χ3v) is 4.12. The van der Waals surface area contributed by atoms with Gasteiger partial charge in [-0.25, -0.2) is 0 Å². The van der Waals surface area contributed by atoms with Crippen LogP contribution in [0.1, 0.15) is 58.3 Å². The van der Waals surface area contributed by atoms with Gasteiger partial charge in [0, 0.05) is 12.1 Å². The van der Waals surface area contributed by atoms with Crippen molar-refractivity contribution in [2.24, 2.45) is 5.92 Å². The predicted molar refractivity (Wildman–Crippen MR) is 62.8 cm³/mol. The van der Waals surface area contributed by atoms with Crippen LogP contribution in [0, 0.1) is 5.92 Å². The largest absolute Gasteiger partial charge is 0.392 e. The van der Waals surface area contributed by atoms with Gasteiger partial charge in [-0.2, -0.15) is 0 Å². The van der Waals surface area contributed by atoms with Gasteiger partial charge in [-0.15, -0.1) is 0 Å². The number of hydrogen-bond acceptors (Lipinski definition) is 2. The van der Waals surface area contributed by atoms with E-state index in [0.717, 1.165) is 12.3 Å². The van der Waals surface area contributed by atoms with E-state index in [1.54, 1.807) is 0 Å². The molecule has 88 valence electrons. The van der Waals surface area contributed by atoms with Crippen LogP contribution in [0.2, 0.25) is 0 Å². The van der Waals surface area contributed by atoms with E-state index in [1.807, 2.05) is 0 Å². The average Bonchev–Trinajstić information content (AvgIpc) is 2.22. The van der Waals surface area contributed by atoms with E-state index in [1.165, 1.54) is 44.9 Å². The van der Waals surface area contributed by atoms with Gasteiger partial charge in [-0.3, -0.25) is 0 Å². The first-order valence-electron chi connectivity index (χ1n) is 6.70. The van der Waals surface area contributed by atoms with Crippen LogP contribution in [0.15, 0.2) is 0 Å². The monoisotopic (exact) mass is 211 g/mol. The molecule has 0 amide bonds. The molecule has 15 heavy (non-hydrogen) atoms. The summed E-state index contributed by atoms with van der Waals surface area (Å²) in [6.07, 6.45) is 9.96. The molecule has 2 rings (SSSR count). The zero-order valence-corrected chi connectivity index (χ0v) is 9.91. The standard InChI is InChI=1S/C13H25NO/c1-10-5-4-6-11(9-10)14-12-7-2-3-8-13(12)15/h10-15H,2-9H2,1H3/t10-,11+,12+,13-/m1/s1. The summed E-state index contributed by atoms with van der Waals surface area (Å²) >= 11 is 0. The summed E-state index contributed by atoms with van der Waals surface area (Å²) in [7, 11) is 0. The van der Waals surface area contributed by atoms with E-state index in [-0.39, 0.29) is 6.10 Å². The second-order valence-electron chi connectivity index (χ2n) is 5.59. The molecule has 0 aromatic heterocycles. The Morgan fingerprint density at radius 2 is 1.80 bits per heavy atom. The molecule has 0 radical (unpaired) electrons. The Morgan fingerprint density at radius 1 is 1.00 bits per heavy atom. The van der Waals surface area contributed by atoms with E-state index in [2.05, 4.69) is 12.2 Å².